The molecule has 0 radical (unpaired) electrons. The van der Waals surface area contributed by atoms with Gasteiger partial charge in [0.05, 0.1) is 0 Å². The lowest BCUT2D eigenvalue weighted by Crippen LogP contribution is -2.49. The summed E-state index contributed by atoms with van der Waals surface area (Å²) in [6, 6.07) is 0.172. The number of carbonyl (C=O) groups is 1. The minimum absolute atomic E-state index is 0.172. The first-order valence-electron chi connectivity index (χ1n) is 3.54. The van der Waals surface area contributed by atoms with E-state index in [0.29, 0.717) is 6.42 Å². The van der Waals surface area contributed by atoms with Crippen LogP contribution in [0, 0.1) is 0 Å². The van der Waals surface area contributed by atoms with Gasteiger partial charge in [0, 0.05) is 26.1 Å². The highest BCUT2D eigenvalue weighted by atomic mass is 16.5. The number of nitrogens with one attached hydrogen (secondary N) is 1. The number of ether oxygens (including phenoxy) is 1. The van der Waals surface area contributed by atoms with Crippen LogP contribution in [-0.4, -0.2) is 31.6 Å². The summed E-state index contributed by atoms with van der Waals surface area (Å²) in [5, 5.41) is 3.17. The van der Waals surface area contributed by atoms with Crippen molar-refractivity contribution < 1.29 is 9.53 Å². The van der Waals surface area contributed by atoms with Gasteiger partial charge in [-0.15, -0.1) is 0 Å². The van der Waals surface area contributed by atoms with Crippen LogP contribution in [0.2, 0.25) is 0 Å². The molecule has 0 aliphatic carbocycles. The van der Waals surface area contributed by atoms with Crippen LogP contribution in [0.5, 0.6) is 0 Å². The van der Waals surface area contributed by atoms with Gasteiger partial charge in [0.25, 0.3) is 0 Å². The second-order valence-corrected chi connectivity index (χ2v) is 2.62. The maximum absolute atomic E-state index is 11.1. The monoisotopic (exact) mass is 143 g/mol. The van der Waals surface area contributed by atoms with E-state index < -0.39 is 0 Å². The van der Waals surface area contributed by atoms with E-state index in [1.165, 1.54) is 0 Å². The quantitative estimate of drug-likeness (QED) is 0.559. The summed E-state index contributed by atoms with van der Waals surface area (Å²) < 4.78 is 5.00. The van der Waals surface area contributed by atoms with Crippen molar-refractivity contribution in [3.63, 3.8) is 0 Å². The van der Waals surface area contributed by atoms with E-state index >= 15 is 0 Å². The molecule has 0 aromatic rings. The Kier molecular flexibility index (Phi) is 2.40. The Morgan fingerprint density at radius 1 is 1.70 bits per heavy atom. The average Bonchev–Trinajstić information content (AvgIpc) is 1.88. The van der Waals surface area contributed by atoms with E-state index in [0.717, 1.165) is 6.54 Å². The highest BCUT2D eigenvalue weighted by Crippen LogP contribution is 2.06. The van der Waals surface area contributed by atoms with Gasteiger partial charge in [0.1, 0.15) is 6.10 Å². The van der Waals surface area contributed by atoms with Crippen LogP contribution in [0.25, 0.3) is 0 Å². The lowest BCUT2D eigenvalue weighted by Gasteiger charge is -2.27. The smallest absolute Gasteiger partial charge is 0.164 e. The number of hydrogen-bond donors (Lipinski definition) is 1. The van der Waals surface area contributed by atoms with Gasteiger partial charge in [0.15, 0.2) is 5.78 Å². The summed E-state index contributed by atoms with van der Waals surface area (Å²) in [5.74, 6) is 0.216. The van der Waals surface area contributed by atoms with Gasteiger partial charge in [0.2, 0.25) is 0 Å². The molecule has 0 bridgehead atoms. The molecule has 1 aliphatic heterocycles. The van der Waals surface area contributed by atoms with Crippen LogP contribution in [0.15, 0.2) is 0 Å². The average molecular weight is 143 g/mol. The second kappa shape index (κ2) is 3.12. The molecule has 1 rings (SSSR count). The van der Waals surface area contributed by atoms with Crippen LogP contribution in [-0.2, 0) is 9.53 Å². The fourth-order valence-corrected chi connectivity index (χ4v) is 1.29. The minimum Gasteiger partial charge on any atom is -0.372 e. The van der Waals surface area contributed by atoms with Crippen molar-refractivity contribution >= 4 is 5.78 Å². The number of Topliss-reactive ketones (excluding diaryl/α,β-unsaturated/α-hetero) is 1. The van der Waals surface area contributed by atoms with Crippen molar-refractivity contribution in [1.82, 2.24) is 5.32 Å². The lowest BCUT2D eigenvalue weighted by molar-refractivity contribution is -0.132. The molecule has 3 nitrogen and oxygen atoms in total. The Hall–Kier alpha value is -0.410. The molecule has 3 heteroatoms. The molecule has 0 aromatic carbocycles. The fourth-order valence-electron chi connectivity index (χ4n) is 1.29. The first kappa shape index (κ1) is 7.69. The molecule has 0 spiro atoms. The molecule has 2 atom stereocenters. The van der Waals surface area contributed by atoms with Crippen LogP contribution >= 0.6 is 0 Å². The van der Waals surface area contributed by atoms with Gasteiger partial charge >= 0.3 is 0 Å². The van der Waals surface area contributed by atoms with E-state index in [1.54, 1.807) is 7.11 Å². The number of piperidine rings is 1. The molecule has 1 aliphatic rings. The Morgan fingerprint density at radius 2 is 2.40 bits per heavy atom. The zero-order valence-electron chi connectivity index (χ0n) is 6.39. The van der Waals surface area contributed by atoms with E-state index in [9.17, 15) is 4.79 Å². The number of methoxy groups -OCH3 is 1. The zero-order chi connectivity index (χ0) is 7.56. The molecular weight excluding hydrogens is 130 g/mol. The normalized spacial score (nSPS) is 34.4. The van der Waals surface area contributed by atoms with E-state index in [1.807, 2.05) is 6.92 Å². The number of rotatable bonds is 1. The first-order chi connectivity index (χ1) is 4.75. The molecule has 0 amide bonds. The number of hydrogen-bond acceptors (Lipinski definition) is 3. The van der Waals surface area contributed by atoms with Gasteiger partial charge in [-0.25, -0.2) is 0 Å². The largest absolute Gasteiger partial charge is 0.372 e. The fraction of sp³-hybridized carbons (Fsp3) is 0.857. The van der Waals surface area contributed by atoms with Crippen molar-refractivity contribution in [2.75, 3.05) is 13.7 Å². The van der Waals surface area contributed by atoms with Gasteiger partial charge in [-0.1, -0.05) is 0 Å². The lowest BCUT2D eigenvalue weighted by atomic mass is 10.0. The maximum Gasteiger partial charge on any atom is 0.164 e. The van der Waals surface area contributed by atoms with Crippen molar-refractivity contribution in [3.8, 4) is 0 Å². The summed E-state index contributed by atoms with van der Waals surface area (Å²) in [5.41, 5.74) is 0. The zero-order valence-corrected chi connectivity index (χ0v) is 6.39. The Bertz CT molecular complexity index is 136. The highest BCUT2D eigenvalue weighted by Gasteiger charge is 2.27. The second-order valence-electron chi connectivity index (χ2n) is 2.62. The summed E-state index contributed by atoms with van der Waals surface area (Å²) in [6.45, 7) is 2.76. The summed E-state index contributed by atoms with van der Waals surface area (Å²) in [6.07, 6.45) is 0.372. The van der Waals surface area contributed by atoms with Crippen molar-refractivity contribution in [2.45, 2.75) is 25.5 Å². The molecule has 2 unspecified atom stereocenters. The molecule has 1 saturated heterocycles. The van der Waals surface area contributed by atoms with Crippen LogP contribution in [0.3, 0.4) is 0 Å². The summed E-state index contributed by atoms with van der Waals surface area (Å²) in [7, 11) is 1.58. The van der Waals surface area contributed by atoms with Gasteiger partial charge < -0.3 is 10.1 Å². The van der Waals surface area contributed by atoms with Crippen LogP contribution in [0.4, 0.5) is 0 Å². The molecule has 1 fully saturated rings. The van der Waals surface area contributed by atoms with Crippen LogP contribution < -0.4 is 5.32 Å². The molecular formula is C7H13NO2. The van der Waals surface area contributed by atoms with Gasteiger partial charge in [-0.2, -0.15) is 0 Å². The molecule has 0 aromatic heterocycles. The molecule has 0 saturated carbocycles. The number of ketones is 1. The predicted octanol–water partition coefficient (Wildman–Crippen LogP) is -0.0477. The Labute approximate surface area is 60.7 Å². The number of carbonyl (C=O) groups excluding carboxylic acids is 1. The SMILES string of the molecule is COC1C(=O)CCNC1C. The Balaban J connectivity index is 2.53. The summed E-state index contributed by atoms with van der Waals surface area (Å²) >= 11 is 0. The Morgan fingerprint density at radius 3 is 2.80 bits per heavy atom. The van der Waals surface area contributed by atoms with E-state index in [-0.39, 0.29) is 17.9 Å². The highest BCUT2D eigenvalue weighted by molar-refractivity contribution is 5.84. The maximum atomic E-state index is 11.1. The van der Waals surface area contributed by atoms with Crippen molar-refractivity contribution in [2.24, 2.45) is 0 Å². The third kappa shape index (κ3) is 1.36. The van der Waals surface area contributed by atoms with Gasteiger partial charge in [-0.05, 0) is 6.92 Å². The molecule has 58 valence electrons. The molecule has 1 N–H and O–H groups in total. The van der Waals surface area contributed by atoms with Crippen molar-refractivity contribution in [1.29, 1.82) is 0 Å². The standard InChI is InChI=1S/C7H13NO2/c1-5-7(10-2)6(9)3-4-8-5/h5,7-8H,3-4H2,1-2H3. The van der Waals surface area contributed by atoms with E-state index in [4.69, 9.17) is 4.74 Å². The van der Waals surface area contributed by atoms with Crippen molar-refractivity contribution in [3.05, 3.63) is 0 Å². The minimum atomic E-state index is -0.228. The van der Waals surface area contributed by atoms with E-state index in [2.05, 4.69) is 5.32 Å². The first-order valence-corrected chi connectivity index (χ1v) is 3.54. The predicted molar refractivity (Wildman–Crippen MR) is 37.9 cm³/mol. The van der Waals surface area contributed by atoms with Crippen LogP contribution in [0.1, 0.15) is 13.3 Å². The molecule has 10 heavy (non-hydrogen) atoms. The molecule has 1 heterocycles. The third-order valence-corrected chi connectivity index (χ3v) is 1.86. The third-order valence-electron chi connectivity index (χ3n) is 1.86. The van der Waals surface area contributed by atoms with Gasteiger partial charge in [-0.3, -0.25) is 4.79 Å². The topological polar surface area (TPSA) is 38.3 Å². The summed E-state index contributed by atoms with van der Waals surface area (Å²) in [4.78, 5) is 11.1.